The molecule has 5 heteroatoms. The number of likely N-dealkylation sites (tertiary alicyclic amines) is 1. The fourth-order valence-corrected chi connectivity index (χ4v) is 3.18. The Labute approximate surface area is 140 Å². The average molecular weight is 325 g/mol. The molecule has 2 aromatic carbocycles. The van der Waals surface area contributed by atoms with Crippen molar-refractivity contribution >= 4 is 11.9 Å². The number of aliphatic hydroxyl groups excluding tert-OH is 1. The van der Waals surface area contributed by atoms with Gasteiger partial charge in [-0.2, -0.15) is 0 Å². The van der Waals surface area contributed by atoms with Gasteiger partial charge in [-0.3, -0.25) is 4.79 Å². The summed E-state index contributed by atoms with van der Waals surface area (Å²) in [6, 6.07) is 14.2. The van der Waals surface area contributed by atoms with Gasteiger partial charge in [0.1, 0.15) is 6.04 Å². The van der Waals surface area contributed by atoms with Crippen molar-refractivity contribution < 1.29 is 19.8 Å². The van der Waals surface area contributed by atoms with E-state index in [4.69, 9.17) is 0 Å². The second-order valence-corrected chi connectivity index (χ2v) is 6.10. The normalized spacial score (nSPS) is 20.2. The Morgan fingerprint density at radius 1 is 1.12 bits per heavy atom. The molecule has 0 aliphatic carbocycles. The lowest BCUT2D eigenvalue weighted by molar-refractivity contribution is -0.141. The minimum absolute atomic E-state index is 0.0509. The van der Waals surface area contributed by atoms with Gasteiger partial charge in [0.25, 0.3) is 5.91 Å². The van der Waals surface area contributed by atoms with Crippen LogP contribution in [0.1, 0.15) is 22.3 Å². The molecule has 24 heavy (non-hydrogen) atoms. The number of aryl methyl sites for hydroxylation is 1. The number of carbonyl (C=O) groups is 2. The minimum Gasteiger partial charge on any atom is -0.480 e. The van der Waals surface area contributed by atoms with Crippen LogP contribution >= 0.6 is 0 Å². The van der Waals surface area contributed by atoms with Gasteiger partial charge in [-0.15, -0.1) is 0 Å². The highest BCUT2D eigenvalue weighted by Crippen LogP contribution is 2.26. The quantitative estimate of drug-likeness (QED) is 0.908. The van der Waals surface area contributed by atoms with E-state index in [9.17, 15) is 19.8 Å². The Balaban J connectivity index is 1.89. The third kappa shape index (κ3) is 3.03. The largest absolute Gasteiger partial charge is 0.480 e. The molecule has 2 aromatic rings. The molecule has 0 unspecified atom stereocenters. The number of rotatable bonds is 3. The van der Waals surface area contributed by atoms with E-state index < -0.39 is 18.1 Å². The van der Waals surface area contributed by atoms with Crippen LogP contribution < -0.4 is 0 Å². The number of nitrogens with zero attached hydrogens (tertiary/aromatic N) is 1. The first-order chi connectivity index (χ1) is 11.5. The van der Waals surface area contributed by atoms with Crippen molar-refractivity contribution in [3.63, 3.8) is 0 Å². The van der Waals surface area contributed by atoms with Crippen LogP contribution in [-0.4, -0.2) is 45.7 Å². The van der Waals surface area contributed by atoms with Crippen LogP contribution in [0.3, 0.4) is 0 Å². The van der Waals surface area contributed by atoms with E-state index in [1.54, 1.807) is 12.1 Å². The number of hydrogen-bond acceptors (Lipinski definition) is 3. The van der Waals surface area contributed by atoms with Crippen molar-refractivity contribution in [1.29, 1.82) is 0 Å². The standard InChI is InChI=1S/C19H19NO4/c1-12-9-14(7-8-16(12)13-5-3-2-4-6-13)18(22)20-11-15(21)10-17(20)19(23)24/h2-9,15,17,21H,10-11H2,1H3,(H,23,24)/t15-,17+/m1/s1. The molecule has 0 bridgehead atoms. The first-order valence-corrected chi connectivity index (χ1v) is 7.85. The zero-order chi connectivity index (χ0) is 17.3. The predicted octanol–water partition coefficient (Wildman–Crippen LogP) is 2.32. The molecule has 1 aliphatic rings. The van der Waals surface area contributed by atoms with E-state index >= 15 is 0 Å². The summed E-state index contributed by atoms with van der Waals surface area (Å²) in [4.78, 5) is 25.2. The average Bonchev–Trinajstić information content (AvgIpc) is 2.97. The Hall–Kier alpha value is -2.66. The van der Waals surface area contributed by atoms with Gasteiger partial charge in [0, 0.05) is 18.5 Å². The first kappa shape index (κ1) is 16.2. The Morgan fingerprint density at radius 2 is 1.83 bits per heavy atom. The van der Waals surface area contributed by atoms with Crippen LogP contribution in [0.25, 0.3) is 11.1 Å². The summed E-state index contributed by atoms with van der Waals surface area (Å²) >= 11 is 0. The summed E-state index contributed by atoms with van der Waals surface area (Å²) in [5.74, 6) is -1.45. The molecule has 0 radical (unpaired) electrons. The highest BCUT2D eigenvalue weighted by atomic mass is 16.4. The number of benzene rings is 2. The van der Waals surface area contributed by atoms with Crippen LogP contribution in [-0.2, 0) is 4.79 Å². The molecule has 1 fully saturated rings. The lowest BCUT2D eigenvalue weighted by Crippen LogP contribution is -2.40. The van der Waals surface area contributed by atoms with Gasteiger partial charge in [0.15, 0.2) is 0 Å². The van der Waals surface area contributed by atoms with Crippen molar-refractivity contribution in [1.82, 2.24) is 4.90 Å². The molecule has 2 N–H and O–H groups in total. The summed E-state index contributed by atoms with van der Waals surface area (Å²) < 4.78 is 0. The smallest absolute Gasteiger partial charge is 0.326 e. The van der Waals surface area contributed by atoms with Crippen molar-refractivity contribution in [3.8, 4) is 11.1 Å². The van der Waals surface area contributed by atoms with E-state index in [1.807, 2.05) is 43.3 Å². The molecule has 1 saturated heterocycles. The number of aliphatic hydroxyl groups is 1. The second kappa shape index (κ2) is 6.45. The Kier molecular flexibility index (Phi) is 4.36. The van der Waals surface area contributed by atoms with Gasteiger partial charge in [-0.05, 0) is 35.7 Å². The number of carboxylic acids is 1. The number of amides is 1. The molecule has 0 spiro atoms. The molecule has 124 valence electrons. The molecule has 3 rings (SSSR count). The van der Waals surface area contributed by atoms with Crippen LogP contribution in [0.2, 0.25) is 0 Å². The highest BCUT2D eigenvalue weighted by Gasteiger charge is 2.39. The van der Waals surface area contributed by atoms with E-state index in [2.05, 4.69) is 0 Å². The van der Waals surface area contributed by atoms with Gasteiger partial charge in [-0.25, -0.2) is 4.79 Å². The number of aliphatic carboxylic acids is 1. The summed E-state index contributed by atoms with van der Waals surface area (Å²) in [6.45, 7) is 1.97. The van der Waals surface area contributed by atoms with Gasteiger partial charge in [0.05, 0.1) is 6.10 Å². The highest BCUT2D eigenvalue weighted by molar-refractivity contribution is 5.97. The fraction of sp³-hybridized carbons (Fsp3) is 0.263. The number of carboxylic acid groups (broad SMARTS) is 1. The van der Waals surface area contributed by atoms with Gasteiger partial charge in [0.2, 0.25) is 0 Å². The van der Waals surface area contributed by atoms with Crippen LogP contribution in [0.4, 0.5) is 0 Å². The summed E-state index contributed by atoms with van der Waals surface area (Å²) in [5, 5.41) is 18.9. The number of carbonyl (C=O) groups excluding carboxylic acids is 1. The molecule has 1 aliphatic heterocycles. The minimum atomic E-state index is -1.09. The van der Waals surface area contributed by atoms with Crippen molar-refractivity contribution in [2.45, 2.75) is 25.5 Å². The van der Waals surface area contributed by atoms with E-state index in [1.165, 1.54) is 4.90 Å². The maximum absolute atomic E-state index is 12.7. The molecule has 0 saturated carbocycles. The topological polar surface area (TPSA) is 77.8 Å². The molecular formula is C19H19NO4. The monoisotopic (exact) mass is 325 g/mol. The van der Waals surface area contributed by atoms with Crippen LogP contribution in [0.5, 0.6) is 0 Å². The first-order valence-electron chi connectivity index (χ1n) is 7.85. The molecule has 5 nitrogen and oxygen atoms in total. The van der Waals surface area contributed by atoms with Crippen molar-refractivity contribution in [2.75, 3.05) is 6.54 Å². The van der Waals surface area contributed by atoms with Crippen molar-refractivity contribution in [2.24, 2.45) is 0 Å². The maximum atomic E-state index is 12.7. The Morgan fingerprint density at radius 3 is 2.46 bits per heavy atom. The summed E-state index contributed by atoms with van der Waals surface area (Å²) in [6.07, 6.45) is -0.720. The third-order valence-corrected chi connectivity index (χ3v) is 4.38. The van der Waals surface area contributed by atoms with Crippen LogP contribution in [0, 0.1) is 6.92 Å². The number of hydrogen-bond donors (Lipinski definition) is 2. The van der Waals surface area contributed by atoms with Crippen LogP contribution in [0.15, 0.2) is 48.5 Å². The Bertz CT molecular complexity index is 772. The molecular weight excluding hydrogens is 306 g/mol. The molecule has 2 atom stereocenters. The fourth-order valence-electron chi connectivity index (χ4n) is 3.18. The zero-order valence-electron chi connectivity index (χ0n) is 13.3. The predicted molar refractivity (Wildman–Crippen MR) is 89.7 cm³/mol. The van der Waals surface area contributed by atoms with Gasteiger partial charge in [-0.1, -0.05) is 36.4 Å². The number of β-amino-alcohol motifs (C(OH)–C–C–N with tert-alkyl or cyclic N) is 1. The van der Waals surface area contributed by atoms with E-state index in [0.717, 1.165) is 16.7 Å². The summed E-state index contributed by atoms with van der Waals surface area (Å²) in [5.41, 5.74) is 3.48. The lowest BCUT2D eigenvalue weighted by atomic mass is 9.98. The lowest BCUT2D eigenvalue weighted by Gasteiger charge is -2.21. The zero-order valence-corrected chi connectivity index (χ0v) is 13.3. The van der Waals surface area contributed by atoms with E-state index in [0.29, 0.717) is 5.56 Å². The molecule has 1 heterocycles. The second-order valence-electron chi connectivity index (χ2n) is 6.10. The summed E-state index contributed by atoms with van der Waals surface area (Å²) in [7, 11) is 0. The van der Waals surface area contributed by atoms with E-state index in [-0.39, 0.29) is 18.9 Å². The van der Waals surface area contributed by atoms with Gasteiger partial charge < -0.3 is 15.1 Å². The van der Waals surface area contributed by atoms with Gasteiger partial charge >= 0.3 is 5.97 Å². The third-order valence-electron chi connectivity index (χ3n) is 4.38. The van der Waals surface area contributed by atoms with Crippen molar-refractivity contribution in [3.05, 3.63) is 59.7 Å². The molecule has 1 amide bonds. The molecule has 0 aromatic heterocycles. The maximum Gasteiger partial charge on any atom is 0.326 e. The SMILES string of the molecule is Cc1cc(C(=O)N2C[C@H](O)C[C@H]2C(=O)O)ccc1-c1ccccc1.